The Balaban J connectivity index is 1.99. The van der Waals surface area contributed by atoms with Gasteiger partial charge in [0.1, 0.15) is 0 Å². The van der Waals surface area contributed by atoms with E-state index in [2.05, 4.69) is 10.3 Å². The molecule has 1 aliphatic heterocycles. The molecule has 0 fully saturated rings. The van der Waals surface area contributed by atoms with Crippen LogP contribution in [0.5, 0.6) is 11.5 Å². The minimum Gasteiger partial charge on any atom is -0.504 e. The third kappa shape index (κ3) is 2.76. The SMILES string of the molecule is CCOC(=O)C1=C(C)Nc2nc3ccccc3n2[C@@H]1c1ccc(O)c(OC)c1. The lowest BCUT2D eigenvalue weighted by molar-refractivity contribution is -0.139. The topological polar surface area (TPSA) is 85.6 Å². The van der Waals surface area contributed by atoms with Gasteiger partial charge in [-0.2, -0.15) is 0 Å². The maximum Gasteiger partial charge on any atom is 0.338 e. The van der Waals surface area contributed by atoms with E-state index in [1.165, 1.54) is 7.11 Å². The Morgan fingerprint density at radius 2 is 2.07 bits per heavy atom. The van der Waals surface area contributed by atoms with Gasteiger partial charge in [-0.25, -0.2) is 9.78 Å². The van der Waals surface area contributed by atoms with Crippen molar-refractivity contribution in [3.8, 4) is 11.5 Å². The summed E-state index contributed by atoms with van der Waals surface area (Å²) in [6, 6.07) is 12.3. The smallest absolute Gasteiger partial charge is 0.338 e. The lowest BCUT2D eigenvalue weighted by atomic mass is 9.94. The van der Waals surface area contributed by atoms with Gasteiger partial charge >= 0.3 is 5.97 Å². The number of nitrogens with one attached hydrogen (secondary N) is 1. The molecular formula is C21H21N3O4. The van der Waals surface area contributed by atoms with E-state index in [0.717, 1.165) is 16.6 Å². The molecule has 4 rings (SSSR count). The summed E-state index contributed by atoms with van der Waals surface area (Å²) >= 11 is 0. The van der Waals surface area contributed by atoms with Gasteiger partial charge < -0.3 is 19.9 Å². The molecule has 2 aromatic carbocycles. The number of aromatic hydroxyl groups is 1. The summed E-state index contributed by atoms with van der Waals surface area (Å²) in [7, 11) is 1.49. The van der Waals surface area contributed by atoms with Crippen LogP contribution in [0.15, 0.2) is 53.7 Å². The van der Waals surface area contributed by atoms with Crippen molar-refractivity contribution < 1.29 is 19.4 Å². The summed E-state index contributed by atoms with van der Waals surface area (Å²) in [5.74, 6) is 0.619. The first-order valence-corrected chi connectivity index (χ1v) is 9.04. The van der Waals surface area contributed by atoms with E-state index in [-0.39, 0.29) is 12.4 Å². The van der Waals surface area contributed by atoms with E-state index in [4.69, 9.17) is 9.47 Å². The number of esters is 1. The molecule has 1 atom stereocenters. The molecule has 0 spiro atoms. The van der Waals surface area contributed by atoms with Crippen molar-refractivity contribution in [1.29, 1.82) is 0 Å². The Hall–Kier alpha value is -3.48. The van der Waals surface area contributed by atoms with E-state index >= 15 is 0 Å². The van der Waals surface area contributed by atoms with Gasteiger partial charge in [-0.1, -0.05) is 18.2 Å². The third-order valence-electron chi connectivity index (χ3n) is 4.85. The number of fused-ring (bicyclic) bond motifs is 3. The average molecular weight is 379 g/mol. The molecule has 2 N–H and O–H groups in total. The van der Waals surface area contributed by atoms with Crippen LogP contribution >= 0.6 is 0 Å². The van der Waals surface area contributed by atoms with Gasteiger partial charge in [-0.15, -0.1) is 0 Å². The number of rotatable bonds is 4. The summed E-state index contributed by atoms with van der Waals surface area (Å²) < 4.78 is 12.6. The molecule has 0 unspecified atom stereocenters. The van der Waals surface area contributed by atoms with Gasteiger partial charge in [0.2, 0.25) is 5.95 Å². The number of ether oxygens (including phenoxy) is 2. The zero-order valence-corrected chi connectivity index (χ0v) is 15.9. The van der Waals surface area contributed by atoms with Crippen LogP contribution in [0.3, 0.4) is 0 Å². The van der Waals surface area contributed by atoms with Crippen molar-refractivity contribution in [3.63, 3.8) is 0 Å². The Kier molecular flexibility index (Phi) is 4.43. The van der Waals surface area contributed by atoms with Crippen LogP contribution in [0, 0.1) is 0 Å². The van der Waals surface area contributed by atoms with E-state index in [0.29, 0.717) is 23.0 Å². The van der Waals surface area contributed by atoms with E-state index in [1.807, 2.05) is 35.8 Å². The number of benzene rings is 2. The number of hydrogen-bond donors (Lipinski definition) is 2. The molecule has 0 amide bonds. The number of nitrogens with zero attached hydrogens (tertiary/aromatic N) is 2. The fourth-order valence-corrected chi connectivity index (χ4v) is 3.62. The normalized spacial score (nSPS) is 15.9. The first-order chi connectivity index (χ1) is 13.5. The van der Waals surface area contributed by atoms with Crippen molar-refractivity contribution in [3.05, 3.63) is 59.3 Å². The highest BCUT2D eigenvalue weighted by atomic mass is 16.5. The highest BCUT2D eigenvalue weighted by molar-refractivity contribution is 5.94. The Morgan fingerprint density at radius 1 is 1.29 bits per heavy atom. The predicted octanol–water partition coefficient (Wildman–Crippen LogP) is 3.60. The van der Waals surface area contributed by atoms with E-state index in [1.54, 1.807) is 25.1 Å². The van der Waals surface area contributed by atoms with Crippen molar-refractivity contribution in [1.82, 2.24) is 9.55 Å². The molecule has 2 heterocycles. The van der Waals surface area contributed by atoms with Gasteiger partial charge in [-0.05, 0) is 43.7 Å². The Morgan fingerprint density at radius 3 is 2.82 bits per heavy atom. The molecule has 7 nitrogen and oxygen atoms in total. The van der Waals surface area contributed by atoms with Crippen molar-refractivity contribution in [2.24, 2.45) is 0 Å². The first kappa shape index (κ1) is 17.9. The predicted molar refractivity (Wildman–Crippen MR) is 105 cm³/mol. The fourth-order valence-electron chi connectivity index (χ4n) is 3.62. The lowest BCUT2D eigenvalue weighted by Crippen LogP contribution is -2.29. The minimum atomic E-state index is -0.475. The monoisotopic (exact) mass is 379 g/mol. The highest BCUT2D eigenvalue weighted by Crippen LogP contribution is 2.41. The van der Waals surface area contributed by atoms with Gasteiger partial charge in [-0.3, -0.25) is 4.57 Å². The highest BCUT2D eigenvalue weighted by Gasteiger charge is 2.35. The number of imidazole rings is 1. The summed E-state index contributed by atoms with van der Waals surface area (Å²) in [5, 5.41) is 13.2. The third-order valence-corrected chi connectivity index (χ3v) is 4.85. The number of carbonyl (C=O) groups is 1. The molecule has 0 saturated heterocycles. The summed E-state index contributed by atoms with van der Waals surface area (Å²) in [6.45, 7) is 3.89. The molecule has 0 aliphatic carbocycles. The molecule has 0 bridgehead atoms. The zero-order valence-electron chi connectivity index (χ0n) is 15.9. The maximum absolute atomic E-state index is 12.8. The molecule has 28 heavy (non-hydrogen) atoms. The van der Waals surface area contributed by atoms with E-state index in [9.17, 15) is 9.90 Å². The lowest BCUT2D eigenvalue weighted by Gasteiger charge is -2.30. The number of aromatic nitrogens is 2. The Bertz CT molecular complexity index is 1100. The minimum absolute atomic E-state index is 0.0364. The Labute approximate surface area is 162 Å². The summed E-state index contributed by atoms with van der Waals surface area (Å²) in [6.07, 6.45) is 0. The van der Waals surface area contributed by atoms with Gasteiger partial charge in [0, 0.05) is 5.70 Å². The van der Waals surface area contributed by atoms with Gasteiger partial charge in [0.05, 0.1) is 36.4 Å². The second kappa shape index (κ2) is 6.92. The summed E-state index contributed by atoms with van der Waals surface area (Å²) in [4.78, 5) is 17.5. The fraction of sp³-hybridized carbons (Fsp3) is 0.238. The van der Waals surface area contributed by atoms with Gasteiger partial charge in [0.25, 0.3) is 0 Å². The van der Waals surface area contributed by atoms with Crippen LogP contribution in [0.2, 0.25) is 0 Å². The second-order valence-electron chi connectivity index (χ2n) is 6.51. The number of hydrogen-bond acceptors (Lipinski definition) is 6. The second-order valence-corrected chi connectivity index (χ2v) is 6.51. The van der Waals surface area contributed by atoms with Crippen LogP contribution in [-0.2, 0) is 9.53 Å². The van der Waals surface area contributed by atoms with Crippen LogP contribution in [0.25, 0.3) is 11.0 Å². The number of methoxy groups -OCH3 is 1. The maximum atomic E-state index is 12.8. The first-order valence-electron chi connectivity index (χ1n) is 9.04. The van der Waals surface area contributed by atoms with Crippen LogP contribution < -0.4 is 10.1 Å². The number of anilines is 1. The molecule has 0 radical (unpaired) electrons. The molecule has 3 aromatic rings. The van der Waals surface area contributed by atoms with Crippen LogP contribution in [0.1, 0.15) is 25.5 Å². The van der Waals surface area contributed by atoms with Crippen molar-refractivity contribution >= 4 is 23.0 Å². The zero-order chi connectivity index (χ0) is 19.8. The van der Waals surface area contributed by atoms with E-state index < -0.39 is 12.0 Å². The molecule has 144 valence electrons. The molecular weight excluding hydrogens is 358 g/mol. The molecule has 1 aromatic heterocycles. The standard InChI is InChI=1S/C21H21N3O4/c1-4-28-20(26)18-12(2)22-21-23-14-7-5-6-8-15(14)24(21)19(18)13-9-10-16(25)17(11-13)27-3/h5-11,19,25H,4H2,1-3H3,(H,22,23)/t19-/m1/s1. The van der Waals surface area contributed by atoms with Crippen molar-refractivity contribution in [2.75, 3.05) is 19.0 Å². The number of allylic oxidation sites excluding steroid dienone is 1. The molecule has 7 heteroatoms. The van der Waals surface area contributed by atoms with Gasteiger partial charge in [0.15, 0.2) is 11.5 Å². The quantitative estimate of drug-likeness (QED) is 0.674. The van der Waals surface area contributed by atoms with Crippen LogP contribution in [-0.4, -0.2) is 34.3 Å². The number of phenolic OH excluding ortho intramolecular Hbond substituents is 1. The van der Waals surface area contributed by atoms with Crippen molar-refractivity contribution in [2.45, 2.75) is 19.9 Å². The number of para-hydroxylation sites is 2. The summed E-state index contributed by atoms with van der Waals surface area (Å²) in [5.41, 5.74) is 3.65. The average Bonchev–Trinajstić information content (AvgIpc) is 3.05. The number of carbonyl (C=O) groups excluding carboxylic acids is 1. The van der Waals surface area contributed by atoms with Crippen LogP contribution in [0.4, 0.5) is 5.95 Å². The molecule has 0 saturated carbocycles. The molecule has 1 aliphatic rings. The number of phenols is 1. The largest absolute Gasteiger partial charge is 0.504 e.